The zero-order valence-corrected chi connectivity index (χ0v) is 14.8. The zero-order valence-electron chi connectivity index (χ0n) is 12.5. The Morgan fingerprint density at radius 1 is 1.40 bits per heavy atom. The van der Waals surface area contributed by atoms with E-state index in [9.17, 15) is 0 Å². The second kappa shape index (κ2) is 8.43. The molecule has 1 aliphatic rings. The van der Waals surface area contributed by atoms with Gasteiger partial charge >= 0.3 is 0 Å². The van der Waals surface area contributed by atoms with Crippen molar-refractivity contribution in [3.8, 4) is 0 Å². The van der Waals surface area contributed by atoms with Crippen molar-refractivity contribution in [2.24, 2.45) is 4.99 Å². The second-order valence-corrected chi connectivity index (χ2v) is 5.02. The van der Waals surface area contributed by atoms with E-state index in [1.807, 2.05) is 0 Å². The van der Waals surface area contributed by atoms with Gasteiger partial charge in [-0.25, -0.2) is 0 Å². The second-order valence-electron chi connectivity index (χ2n) is 5.02. The van der Waals surface area contributed by atoms with Crippen LogP contribution in [0, 0.1) is 0 Å². The fourth-order valence-corrected chi connectivity index (χ4v) is 2.19. The monoisotopic (exact) mass is 392 g/mol. The van der Waals surface area contributed by atoms with Gasteiger partial charge in [0.15, 0.2) is 11.8 Å². The average Bonchev–Trinajstić information content (AvgIpc) is 2.86. The Balaban J connectivity index is 0.00000200. The molecule has 6 nitrogen and oxygen atoms in total. The van der Waals surface area contributed by atoms with Gasteiger partial charge in [0.1, 0.15) is 5.82 Å². The number of fused-ring (bicyclic) bond motifs is 1. The lowest BCUT2D eigenvalue weighted by Gasteiger charge is -2.18. The number of hydrogen-bond donors (Lipinski definition) is 2. The summed E-state index contributed by atoms with van der Waals surface area (Å²) in [6, 6.07) is 0.415. The minimum Gasteiger partial charge on any atom is -0.354 e. The fourth-order valence-electron chi connectivity index (χ4n) is 2.19. The van der Waals surface area contributed by atoms with Crippen molar-refractivity contribution in [1.29, 1.82) is 0 Å². The Kier molecular flexibility index (Phi) is 7.25. The molecule has 0 saturated carbocycles. The predicted molar refractivity (Wildman–Crippen MR) is 91.5 cm³/mol. The van der Waals surface area contributed by atoms with Crippen LogP contribution in [-0.4, -0.2) is 33.8 Å². The molecule has 0 aliphatic carbocycles. The fraction of sp³-hybridized carbons (Fsp3) is 0.769. The number of aryl methyl sites for hydroxylation is 1. The van der Waals surface area contributed by atoms with E-state index in [0.29, 0.717) is 12.6 Å². The third-order valence-electron chi connectivity index (χ3n) is 3.57. The molecule has 0 fully saturated rings. The SMILES string of the molecule is CCC(C)NC(=NC)NCc1nnc2n1CCCC2.I. The molecule has 0 amide bonds. The number of nitrogens with zero attached hydrogens (tertiary/aromatic N) is 4. The van der Waals surface area contributed by atoms with Crippen LogP contribution in [-0.2, 0) is 19.5 Å². The van der Waals surface area contributed by atoms with Crippen LogP contribution in [0.4, 0.5) is 0 Å². The first-order valence-electron chi connectivity index (χ1n) is 7.12. The molecule has 0 aromatic carbocycles. The van der Waals surface area contributed by atoms with E-state index in [0.717, 1.165) is 37.0 Å². The lowest BCUT2D eigenvalue weighted by molar-refractivity contribution is 0.504. The maximum Gasteiger partial charge on any atom is 0.191 e. The normalized spacial score (nSPS) is 16.1. The van der Waals surface area contributed by atoms with E-state index in [2.05, 4.69) is 44.2 Å². The Morgan fingerprint density at radius 3 is 2.90 bits per heavy atom. The molecule has 1 aromatic rings. The van der Waals surface area contributed by atoms with Gasteiger partial charge in [0.05, 0.1) is 6.54 Å². The van der Waals surface area contributed by atoms with Crippen LogP contribution < -0.4 is 10.6 Å². The molecule has 1 aromatic heterocycles. The summed E-state index contributed by atoms with van der Waals surface area (Å²) in [6.07, 6.45) is 4.56. The van der Waals surface area contributed by atoms with Crippen LogP contribution in [0.2, 0.25) is 0 Å². The van der Waals surface area contributed by atoms with Crippen molar-refractivity contribution in [3.05, 3.63) is 11.6 Å². The predicted octanol–water partition coefficient (Wildman–Crippen LogP) is 1.70. The lowest BCUT2D eigenvalue weighted by atomic mass is 10.2. The summed E-state index contributed by atoms with van der Waals surface area (Å²) < 4.78 is 2.23. The zero-order chi connectivity index (χ0) is 13.7. The summed E-state index contributed by atoms with van der Waals surface area (Å²) in [4.78, 5) is 4.22. The lowest BCUT2D eigenvalue weighted by Crippen LogP contribution is -2.42. The van der Waals surface area contributed by atoms with Gasteiger partial charge in [-0.15, -0.1) is 34.2 Å². The van der Waals surface area contributed by atoms with Crippen molar-refractivity contribution in [1.82, 2.24) is 25.4 Å². The summed E-state index contributed by atoms with van der Waals surface area (Å²) in [5.41, 5.74) is 0. The Labute approximate surface area is 137 Å². The first-order chi connectivity index (χ1) is 9.24. The van der Waals surface area contributed by atoms with Crippen LogP contribution in [0.25, 0.3) is 0 Å². The molecule has 1 aliphatic heterocycles. The van der Waals surface area contributed by atoms with Crippen molar-refractivity contribution in [3.63, 3.8) is 0 Å². The number of halogens is 1. The summed E-state index contributed by atoms with van der Waals surface area (Å²) >= 11 is 0. The molecule has 0 saturated heterocycles. The van der Waals surface area contributed by atoms with Gasteiger partial charge in [-0.05, 0) is 26.2 Å². The van der Waals surface area contributed by atoms with Crippen molar-refractivity contribution in [2.45, 2.75) is 58.7 Å². The van der Waals surface area contributed by atoms with Gasteiger partial charge in [0.25, 0.3) is 0 Å². The van der Waals surface area contributed by atoms with Gasteiger partial charge in [0, 0.05) is 26.1 Å². The maximum atomic E-state index is 4.27. The number of rotatable bonds is 4. The molecule has 7 heteroatoms. The Bertz CT molecular complexity index is 442. The number of hydrogen-bond acceptors (Lipinski definition) is 3. The molecule has 2 heterocycles. The highest BCUT2D eigenvalue weighted by Crippen LogP contribution is 2.13. The Hall–Kier alpha value is -0.860. The van der Waals surface area contributed by atoms with Gasteiger partial charge in [-0.3, -0.25) is 4.99 Å². The van der Waals surface area contributed by atoms with E-state index < -0.39 is 0 Å². The number of aliphatic imine (C=N–C) groups is 1. The van der Waals surface area contributed by atoms with Crippen LogP contribution in [0.3, 0.4) is 0 Å². The quantitative estimate of drug-likeness (QED) is 0.465. The third kappa shape index (κ3) is 4.32. The Morgan fingerprint density at radius 2 is 2.20 bits per heavy atom. The minimum atomic E-state index is 0. The molecule has 0 radical (unpaired) electrons. The van der Waals surface area contributed by atoms with Gasteiger partial charge in [0.2, 0.25) is 0 Å². The van der Waals surface area contributed by atoms with E-state index in [-0.39, 0.29) is 24.0 Å². The van der Waals surface area contributed by atoms with Crippen LogP contribution in [0.1, 0.15) is 44.8 Å². The molecule has 0 spiro atoms. The highest BCUT2D eigenvalue weighted by Gasteiger charge is 2.15. The maximum absolute atomic E-state index is 4.27. The average molecular weight is 392 g/mol. The molecule has 0 bridgehead atoms. The van der Waals surface area contributed by atoms with E-state index in [1.165, 1.54) is 12.8 Å². The number of guanidine groups is 1. The molecule has 2 rings (SSSR count). The first-order valence-corrected chi connectivity index (χ1v) is 7.12. The van der Waals surface area contributed by atoms with Crippen molar-refractivity contribution < 1.29 is 0 Å². The van der Waals surface area contributed by atoms with Crippen molar-refractivity contribution >= 4 is 29.9 Å². The molecular formula is C13H25IN6. The number of nitrogens with one attached hydrogen (secondary N) is 2. The molecule has 114 valence electrons. The first kappa shape index (κ1) is 17.2. The van der Waals surface area contributed by atoms with E-state index >= 15 is 0 Å². The van der Waals surface area contributed by atoms with E-state index in [1.54, 1.807) is 7.05 Å². The molecule has 1 unspecified atom stereocenters. The largest absolute Gasteiger partial charge is 0.354 e. The van der Waals surface area contributed by atoms with Crippen molar-refractivity contribution in [2.75, 3.05) is 7.05 Å². The topological polar surface area (TPSA) is 67.1 Å². The van der Waals surface area contributed by atoms with Crippen LogP contribution >= 0.6 is 24.0 Å². The highest BCUT2D eigenvalue weighted by molar-refractivity contribution is 14.0. The molecule has 1 atom stereocenters. The van der Waals surface area contributed by atoms with Crippen LogP contribution in [0.5, 0.6) is 0 Å². The summed E-state index contributed by atoms with van der Waals surface area (Å²) in [7, 11) is 1.79. The van der Waals surface area contributed by atoms with Gasteiger partial charge in [-0.2, -0.15) is 0 Å². The van der Waals surface area contributed by atoms with Crippen LogP contribution in [0.15, 0.2) is 4.99 Å². The summed E-state index contributed by atoms with van der Waals surface area (Å²) in [5, 5.41) is 15.2. The smallest absolute Gasteiger partial charge is 0.191 e. The molecule has 2 N–H and O–H groups in total. The minimum absolute atomic E-state index is 0. The number of aromatic nitrogens is 3. The standard InChI is InChI=1S/C13H24N6.HI/c1-4-10(2)16-13(14-3)15-9-12-18-17-11-7-5-6-8-19(11)12;/h10H,4-9H2,1-3H3,(H2,14,15,16);1H. The molecular weight excluding hydrogens is 367 g/mol. The van der Waals surface area contributed by atoms with Gasteiger partial charge in [-0.1, -0.05) is 6.92 Å². The summed E-state index contributed by atoms with van der Waals surface area (Å²) in [5.74, 6) is 2.94. The summed E-state index contributed by atoms with van der Waals surface area (Å²) in [6.45, 7) is 6.01. The third-order valence-corrected chi connectivity index (χ3v) is 3.57. The van der Waals surface area contributed by atoms with Gasteiger partial charge < -0.3 is 15.2 Å². The van der Waals surface area contributed by atoms with E-state index in [4.69, 9.17) is 0 Å². The molecule has 20 heavy (non-hydrogen) atoms. The highest BCUT2D eigenvalue weighted by atomic mass is 127.